The van der Waals surface area contributed by atoms with Gasteiger partial charge in [0.2, 0.25) is 5.91 Å². The van der Waals surface area contributed by atoms with Gasteiger partial charge in [0.1, 0.15) is 12.1 Å². The molecule has 1 aromatic carbocycles. The van der Waals surface area contributed by atoms with E-state index in [-0.39, 0.29) is 11.2 Å². The summed E-state index contributed by atoms with van der Waals surface area (Å²) in [5, 5.41) is 2.53. The number of benzene rings is 1. The number of methoxy groups -OCH3 is 1. The van der Waals surface area contributed by atoms with Crippen LogP contribution in [0.15, 0.2) is 28.9 Å². The second-order valence-corrected chi connectivity index (χ2v) is 6.28. The molecule has 0 saturated heterocycles. The van der Waals surface area contributed by atoms with Gasteiger partial charge in [-0.25, -0.2) is 4.98 Å². The highest BCUT2D eigenvalue weighted by atomic mass is 32.2. The van der Waals surface area contributed by atoms with Crippen LogP contribution in [0.3, 0.4) is 0 Å². The standard InChI is InChI=1S/C12H14N4O2S2/c1-7(19-12-14-6-15-20-12)11(17)16-9-4-3-8(13)5-10(9)18-2/h3-7H,13H2,1-2H3,(H,16,17). The normalized spacial score (nSPS) is 11.9. The van der Waals surface area contributed by atoms with Crippen LogP contribution in [0, 0.1) is 0 Å². The Labute approximate surface area is 124 Å². The molecule has 0 aliphatic heterocycles. The van der Waals surface area contributed by atoms with Gasteiger partial charge in [-0.3, -0.25) is 4.79 Å². The van der Waals surface area contributed by atoms with Crippen LogP contribution in [0.1, 0.15) is 6.92 Å². The summed E-state index contributed by atoms with van der Waals surface area (Å²) >= 11 is 2.63. The predicted octanol–water partition coefficient (Wildman–Crippen LogP) is 2.25. The maximum absolute atomic E-state index is 12.1. The molecule has 2 rings (SSSR count). The second kappa shape index (κ2) is 6.58. The highest BCUT2D eigenvalue weighted by molar-refractivity contribution is 8.02. The van der Waals surface area contributed by atoms with Crippen molar-refractivity contribution < 1.29 is 9.53 Å². The molecule has 0 fully saturated rings. The quantitative estimate of drug-likeness (QED) is 0.650. The minimum absolute atomic E-state index is 0.131. The van der Waals surface area contributed by atoms with Crippen molar-refractivity contribution in [1.82, 2.24) is 9.36 Å². The molecule has 0 aliphatic rings. The van der Waals surface area contributed by atoms with Crippen molar-refractivity contribution in [2.75, 3.05) is 18.2 Å². The van der Waals surface area contributed by atoms with Gasteiger partial charge in [0.05, 0.1) is 18.0 Å². The van der Waals surface area contributed by atoms with Gasteiger partial charge < -0.3 is 15.8 Å². The van der Waals surface area contributed by atoms with Gasteiger partial charge in [-0.2, -0.15) is 4.37 Å². The smallest absolute Gasteiger partial charge is 0.237 e. The van der Waals surface area contributed by atoms with Crippen LogP contribution in [0.5, 0.6) is 5.75 Å². The van der Waals surface area contributed by atoms with Gasteiger partial charge in [-0.05, 0) is 30.6 Å². The minimum atomic E-state index is -0.287. The molecule has 2 aromatic rings. The average molecular weight is 310 g/mol. The molecule has 6 nitrogen and oxygen atoms in total. The van der Waals surface area contributed by atoms with E-state index < -0.39 is 0 Å². The third-order valence-electron chi connectivity index (χ3n) is 2.47. The Morgan fingerprint density at radius 1 is 1.55 bits per heavy atom. The Morgan fingerprint density at radius 3 is 3.00 bits per heavy atom. The predicted molar refractivity (Wildman–Crippen MR) is 81.3 cm³/mol. The first-order valence-corrected chi connectivity index (χ1v) is 7.43. The van der Waals surface area contributed by atoms with E-state index in [1.165, 1.54) is 36.7 Å². The van der Waals surface area contributed by atoms with Gasteiger partial charge >= 0.3 is 0 Å². The molecule has 8 heteroatoms. The Morgan fingerprint density at radius 2 is 2.35 bits per heavy atom. The number of nitrogens with zero attached hydrogens (tertiary/aromatic N) is 2. The molecular weight excluding hydrogens is 296 g/mol. The number of aromatic nitrogens is 2. The summed E-state index contributed by atoms with van der Waals surface area (Å²) in [6.07, 6.45) is 1.47. The van der Waals surface area contributed by atoms with Crippen LogP contribution in [0.25, 0.3) is 0 Å². The van der Waals surface area contributed by atoms with Gasteiger partial charge in [0.15, 0.2) is 4.34 Å². The van der Waals surface area contributed by atoms with E-state index in [4.69, 9.17) is 10.5 Å². The summed E-state index contributed by atoms with van der Waals surface area (Å²) in [5.74, 6) is 0.403. The molecule has 0 radical (unpaired) electrons. The lowest BCUT2D eigenvalue weighted by molar-refractivity contribution is -0.115. The fourth-order valence-electron chi connectivity index (χ4n) is 1.47. The topological polar surface area (TPSA) is 90.1 Å². The lowest BCUT2D eigenvalue weighted by Crippen LogP contribution is -2.22. The molecule has 20 heavy (non-hydrogen) atoms. The number of nitrogens with one attached hydrogen (secondary N) is 1. The first-order valence-electron chi connectivity index (χ1n) is 5.78. The number of nitrogen functional groups attached to an aromatic ring is 1. The summed E-state index contributed by atoms with van der Waals surface area (Å²) in [4.78, 5) is 16.2. The molecule has 106 valence electrons. The van der Waals surface area contributed by atoms with E-state index in [0.29, 0.717) is 17.1 Å². The van der Waals surface area contributed by atoms with Crippen LogP contribution in [0.4, 0.5) is 11.4 Å². The second-order valence-electron chi connectivity index (χ2n) is 3.92. The number of thioether (sulfide) groups is 1. The van der Waals surface area contributed by atoms with Crippen LogP contribution < -0.4 is 15.8 Å². The number of carbonyl (C=O) groups excluding carboxylic acids is 1. The SMILES string of the molecule is COc1cc(N)ccc1NC(=O)C(C)Sc1ncns1. The first kappa shape index (κ1) is 14.6. The van der Waals surface area contributed by atoms with Crippen molar-refractivity contribution in [1.29, 1.82) is 0 Å². The van der Waals surface area contributed by atoms with Crippen molar-refractivity contribution in [3.63, 3.8) is 0 Å². The number of hydrogen-bond acceptors (Lipinski definition) is 7. The largest absolute Gasteiger partial charge is 0.494 e. The van der Waals surface area contributed by atoms with E-state index in [0.717, 1.165) is 4.34 Å². The number of ether oxygens (including phenoxy) is 1. The number of rotatable bonds is 5. The maximum Gasteiger partial charge on any atom is 0.237 e. The highest BCUT2D eigenvalue weighted by Crippen LogP contribution is 2.29. The zero-order valence-electron chi connectivity index (χ0n) is 11.0. The third-order valence-corrected chi connectivity index (χ3v) is 4.32. The van der Waals surface area contributed by atoms with Gasteiger partial charge in [-0.1, -0.05) is 11.8 Å². The molecule has 0 bridgehead atoms. The molecule has 0 aliphatic carbocycles. The Balaban J connectivity index is 2.03. The Kier molecular flexibility index (Phi) is 4.80. The summed E-state index contributed by atoms with van der Waals surface area (Å²) in [5.41, 5.74) is 6.85. The van der Waals surface area contributed by atoms with Crippen molar-refractivity contribution in [2.45, 2.75) is 16.5 Å². The molecule has 1 heterocycles. The summed E-state index contributed by atoms with van der Waals surface area (Å²) in [6.45, 7) is 1.81. The summed E-state index contributed by atoms with van der Waals surface area (Å²) in [6, 6.07) is 5.09. The minimum Gasteiger partial charge on any atom is -0.494 e. The molecular formula is C12H14N4O2S2. The fraction of sp³-hybridized carbons (Fsp3) is 0.250. The molecule has 0 spiro atoms. The van der Waals surface area contributed by atoms with E-state index >= 15 is 0 Å². The van der Waals surface area contributed by atoms with Crippen LogP contribution >= 0.6 is 23.3 Å². The van der Waals surface area contributed by atoms with Crippen molar-refractivity contribution >= 4 is 40.6 Å². The fourth-order valence-corrected chi connectivity index (χ4v) is 3.05. The Hall–Kier alpha value is -1.80. The van der Waals surface area contributed by atoms with Gasteiger partial charge in [0, 0.05) is 11.8 Å². The van der Waals surface area contributed by atoms with Gasteiger partial charge in [-0.15, -0.1) is 0 Å². The molecule has 1 aromatic heterocycles. The first-order chi connectivity index (χ1) is 9.60. The number of hydrogen-bond donors (Lipinski definition) is 2. The number of nitrogens with two attached hydrogens (primary N) is 1. The zero-order valence-corrected chi connectivity index (χ0v) is 12.6. The Bertz CT molecular complexity index is 589. The molecule has 1 atom stereocenters. The number of carbonyl (C=O) groups is 1. The monoisotopic (exact) mass is 310 g/mol. The molecule has 1 unspecified atom stereocenters. The number of amides is 1. The molecule has 1 amide bonds. The average Bonchev–Trinajstić information content (AvgIpc) is 2.93. The maximum atomic E-state index is 12.1. The van der Waals surface area contributed by atoms with Crippen molar-refractivity contribution in [3.8, 4) is 5.75 Å². The summed E-state index contributed by atoms with van der Waals surface area (Å²) in [7, 11) is 1.53. The van der Waals surface area contributed by atoms with Crippen molar-refractivity contribution in [3.05, 3.63) is 24.5 Å². The lowest BCUT2D eigenvalue weighted by Gasteiger charge is -2.13. The van der Waals surface area contributed by atoms with Crippen molar-refractivity contribution in [2.24, 2.45) is 0 Å². The highest BCUT2D eigenvalue weighted by Gasteiger charge is 2.17. The molecule has 0 saturated carbocycles. The summed E-state index contributed by atoms with van der Waals surface area (Å²) < 4.78 is 9.85. The molecule has 3 N–H and O–H groups in total. The lowest BCUT2D eigenvalue weighted by atomic mass is 10.2. The van der Waals surface area contributed by atoms with Crippen LogP contribution in [-0.2, 0) is 4.79 Å². The van der Waals surface area contributed by atoms with E-state index in [1.54, 1.807) is 18.2 Å². The number of anilines is 2. The van der Waals surface area contributed by atoms with Crippen LogP contribution in [-0.4, -0.2) is 27.6 Å². The zero-order chi connectivity index (χ0) is 14.5. The van der Waals surface area contributed by atoms with Crippen LogP contribution in [0.2, 0.25) is 0 Å². The van der Waals surface area contributed by atoms with E-state index in [1.807, 2.05) is 6.92 Å². The van der Waals surface area contributed by atoms with Gasteiger partial charge in [0.25, 0.3) is 0 Å². The van der Waals surface area contributed by atoms with E-state index in [2.05, 4.69) is 14.7 Å². The van der Waals surface area contributed by atoms with E-state index in [9.17, 15) is 4.79 Å². The third kappa shape index (κ3) is 3.61.